The molecule has 76 valence electrons. The molecular weight excluding hydrogens is 280 g/mol. The van der Waals surface area contributed by atoms with Crippen molar-refractivity contribution in [2.75, 3.05) is 0 Å². The zero-order valence-corrected chi connectivity index (χ0v) is 10.7. The van der Waals surface area contributed by atoms with E-state index in [9.17, 15) is 0 Å². The van der Waals surface area contributed by atoms with Gasteiger partial charge in [0.05, 0.1) is 9.79 Å². The second kappa shape index (κ2) is 3.75. The molecule has 0 fully saturated rings. The molecule has 1 aliphatic heterocycles. The summed E-state index contributed by atoms with van der Waals surface area (Å²) in [6.45, 7) is 0. The Morgan fingerprint density at radius 1 is 0.812 bits per heavy atom. The summed E-state index contributed by atoms with van der Waals surface area (Å²) < 4.78 is 8.42. The van der Waals surface area contributed by atoms with Gasteiger partial charge >= 0.3 is 0 Å². The van der Waals surface area contributed by atoms with Gasteiger partial charge in [0.2, 0.25) is 0 Å². The Morgan fingerprint density at radius 3 is 1.62 bits per heavy atom. The topological polar surface area (TPSA) is 73.4 Å². The zero-order chi connectivity index (χ0) is 11.1. The van der Waals surface area contributed by atoms with E-state index in [2.05, 4.69) is 20.9 Å². The van der Waals surface area contributed by atoms with Crippen LogP contribution in [0.1, 0.15) is 9.75 Å². The molecule has 0 atom stereocenters. The lowest BCUT2D eigenvalue weighted by atomic mass is 10.5. The summed E-state index contributed by atoms with van der Waals surface area (Å²) in [5, 5.41) is 19.5. The molecule has 0 spiro atoms. The average molecular weight is 280 g/mol. The maximum atomic E-state index is 8.91. The fourth-order valence-electron chi connectivity index (χ4n) is 1.18. The molecule has 1 aliphatic rings. The third kappa shape index (κ3) is 1.35. The van der Waals surface area contributed by atoms with E-state index < -0.39 is 0 Å². The predicted octanol–water partition coefficient (Wildman–Crippen LogP) is 2.96. The zero-order valence-electron chi connectivity index (χ0n) is 7.42. The predicted molar refractivity (Wildman–Crippen MR) is 61.9 cm³/mol. The van der Waals surface area contributed by atoms with E-state index in [4.69, 9.17) is 10.5 Å². The maximum Gasteiger partial charge on any atom is 0.140 e. The van der Waals surface area contributed by atoms with Gasteiger partial charge in [-0.25, -0.2) is 0 Å². The van der Waals surface area contributed by atoms with Gasteiger partial charge in [0.15, 0.2) is 0 Å². The number of aromatic nitrogens is 2. The molecule has 0 radical (unpaired) electrons. The van der Waals surface area contributed by atoms with E-state index >= 15 is 0 Å². The Balaban J connectivity index is 2.14. The SMILES string of the molecule is N#Cc1snc2c1Sc1nsc(C#N)c1S2. The second-order valence-electron chi connectivity index (χ2n) is 2.72. The van der Waals surface area contributed by atoms with Gasteiger partial charge in [-0.05, 0) is 23.1 Å². The molecule has 4 nitrogen and oxygen atoms in total. The first-order valence-corrected chi connectivity index (χ1v) is 7.16. The highest BCUT2D eigenvalue weighted by Crippen LogP contribution is 2.51. The van der Waals surface area contributed by atoms with Gasteiger partial charge in [0, 0.05) is 0 Å². The number of hydrogen-bond donors (Lipinski definition) is 0. The largest absolute Gasteiger partial charge is 0.191 e. The molecule has 0 aromatic carbocycles. The third-order valence-corrected chi connectivity index (χ3v) is 6.27. The molecule has 0 unspecified atom stereocenters. The van der Waals surface area contributed by atoms with Crippen molar-refractivity contribution >= 4 is 46.6 Å². The lowest BCUT2D eigenvalue weighted by Gasteiger charge is -2.08. The van der Waals surface area contributed by atoms with Crippen LogP contribution in [0.25, 0.3) is 0 Å². The first-order chi connectivity index (χ1) is 7.83. The molecule has 8 heteroatoms. The van der Waals surface area contributed by atoms with Crippen molar-refractivity contribution < 1.29 is 0 Å². The first kappa shape index (κ1) is 10.1. The molecule has 2 aromatic heterocycles. The molecule has 0 saturated heterocycles. The van der Waals surface area contributed by atoms with Crippen LogP contribution >= 0.6 is 46.6 Å². The molecule has 0 amide bonds. The molecule has 16 heavy (non-hydrogen) atoms. The van der Waals surface area contributed by atoms with Crippen LogP contribution < -0.4 is 0 Å². The molecule has 0 bridgehead atoms. The van der Waals surface area contributed by atoms with E-state index in [1.54, 1.807) is 0 Å². The quantitative estimate of drug-likeness (QED) is 0.630. The van der Waals surface area contributed by atoms with Gasteiger partial charge in [0.1, 0.15) is 31.9 Å². The van der Waals surface area contributed by atoms with Crippen molar-refractivity contribution in [3.63, 3.8) is 0 Å². The van der Waals surface area contributed by atoms with Crippen LogP contribution in [0.15, 0.2) is 19.8 Å². The van der Waals surface area contributed by atoms with Crippen LogP contribution in [-0.4, -0.2) is 8.75 Å². The first-order valence-electron chi connectivity index (χ1n) is 3.98. The lowest BCUT2D eigenvalue weighted by molar-refractivity contribution is 1.07. The summed E-state index contributed by atoms with van der Waals surface area (Å²) in [5.74, 6) is 0. The fraction of sp³-hybridized carbons (Fsp3) is 0. The van der Waals surface area contributed by atoms with Crippen molar-refractivity contribution in [3.05, 3.63) is 9.75 Å². The Morgan fingerprint density at radius 2 is 1.25 bits per heavy atom. The van der Waals surface area contributed by atoms with E-state index in [1.165, 1.54) is 46.6 Å². The van der Waals surface area contributed by atoms with E-state index in [1.807, 2.05) is 0 Å². The molecule has 0 saturated carbocycles. The highest BCUT2D eigenvalue weighted by Gasteiger charge is 2.28. The third-order valence-electron chi connectivity index (χ3n) is 1.84. The summed E-state index contributed by atoms with van der Waals surface area (Å²) in [6, 6.07) is 4.24. The summed E-state index contributed by atoms with van der Waals surface area (Å²) in [6.07, 6.45) is 0. The summed E-state index contributed by atoms with van der Waals surface area (Å²) in [4.78, 5) is 2.98. The van der Waals surface area contributed by atoms with Gasteiger partial charge < -0.3 is 0 Å². The minimum absolute atomic E-state index is 0.615. The van der Waals surface area contributed by atoms with Crippen LogP contribution in [-0.2, 0) is 0 Å². The van der Waals surface area contributed by atoms with Crippen LogP contribution in [0.5, 0.6) is 0 Å². The Labute approximate surface area is 107 Å². The van der Waals surface area contributed by atoms with Crippen LogP contribution in [0.3, 0.4) is 0 Å². The number of nitrogens with zero attached hydrogens (tertiary/aromatic N) is 4. The Bertz CT molecular complexity index is 598. The molecule has 3 rings (SSSR count). The molecular formula is C8N4S4. The van der Waals surface area contributed by atoms with Gasteiger partial charge in [-0.15, -0.1) is 0 Å². The van der Waals surface area contributed by atoms with Gasteiger partial charge in [0.25, 0.3) is 0 Å². The molecule has 0 aliphatic carbocycles. The van der Waals surface area contributed by atoms with Crippen molar-refractivity contribution in [2.45, 2.75) is 19.8 Å². The highest BCUT2D eigenvalue weighted by molar-refractivity contribution is 8.05. The number of nitriles is 2. The summed E-state index contributed by atoms with van der Waals surface area (Å²) >= 11 is 5.24. The van der Waals surface area contributed by atoms with Crippen molar-refractivity contribution in [1.29, 1.82) is 10.5 Å². The standard InChI is InChI=1S/C8N4S4/c9-1-3-5-7(11-15-3)14-6-4(2-10)16-12-8(6)13-5. The minimum atomic E-state index is 0.615. The second-order valence-corrected chi connectivity index (χ2v) is 6.26. The van der Waals surface area contributed by atoms with Gasteiger partial charge in [-0.3, -0.25) is 0 Å². The van der Waals surface area contributed by atoms with Crippen LogP contribution in [0.4, 0.5) is 0 Å². The molecule has 3 heterocycles. The fourth-order valence-corrected chi connectivity index (χ4v) is 5.21. The van der Waals surface area contributed by atoms with Crippen molar-refractivity contribution in [1.82, 2.24) is 8.75 Å². The smallest absolute Gasteiger partial charge is 0.140 e. The summed E-state index contributed by atoms with van der Waals surface area (Å²) in [7, 11) is 0. The number of rotatable bonds is 0. The average Bonchev–Trinajstić information content (AvgIpc) is 2.88. The van der Waals surface area contributed by atoms with Crippen LogP contribution in [0, 0.1) is 22.7 Å². The summed E-state index contributed by atoms with van der Waals surface area (Å²) in [5.41, 5.74) is 0. The van der Waals surface area contributed by atoms with E-state index in [0.29, 0.717) is 9.75 Å². The molecule has 2 aromatic rings. The Hall–Kier alpha value is -1.06. The van der Waals surface area contributed by atoms with Gasteiger partial charge in [-0.2, -0.15) is 19.3 Å². The maximum absolute atomic E-state index is 8.91. The van der Waals surface area contributed by atoms with E-state index in [0.717, 1.165) is 19.8 Å². The Kier molecular flexibility index (Phi) is 2.37. The molecule has 0 N–H and O–H groups in total. The van der Waals surface area contributed by atoms with Gasteiger partial charge in [-0.1, -0.05) is 23.5 Å². The van der Waals surface area contributed by atoms with Crippen molar-refractivity contribution in [3.8, 4) is 12.1 Å². The lowest BCUT2D eigenvalue weighted by Crippen LogP contribution is -1.87. The number of hydrogen-bond acceptors (Lipinski definition) is 8. The minimum Gasteiger partial charge on any atom is -0.191 e. The normalized spacial score (nSPS) is 12.4. The monoisotopic (exact) mass is 280 g/mol. The van der Waals surface area contributed by atoms with Crippen molar-refractivity contribution in [2.24, 2.45) is 0 Å². The number of fused-ring (bicyclic) bond motifs is 2. The van der Waals surface area contributed by atoms with E-state index in [-0.39, 0.29) is 0 Å². The highest BCUT2D eigenvalue weighted by atomic mass is 32.2. The van der Waals surface area contributed by atoms with Crippen LogP contribution in [0.2, 0.25) is 0 Å².